The van der Waals surface area contributed by atoms with Crippen LogP contribution in [0.15, 0.2) is 54.6 Å². The van der Waals surface area contributed by atoms with Crippen LogP contribution >= 0.6 is 0 Å². The molecule has 3 rings (SSSR count). The number of benzene rings is 2. The Morgan fingerprint density at radius 1 is 0.833 bits per heavy atom. The van der Waals surface area contributed by atoms with Gasteiger partial charge in [-0.3, -0.25) is 0 Å². The van der Waals surface area contributed by atoms with Crippen LogP contribution < -0.4 is 19.1 Å². The van der Waals surface area contributed by atoms with Crippen molar-refractivity contribution in [2.24, 2.45) is 0 Å². The van der Waals surface area contributed by atoms with Crippen molar-refractivity contribution in [2.75, 3.05) is 26.2 Å². The molecule has 1 aromatic heterocycles. The van der Waals surface area contributed by atoms with E-state index in [0.29, 0.717) is 18.8 Å². The van der Waals surface area contributed by atoms with Gasteiger partial charge in [-0.2, -0.15) is 0 Å². The van der Waals surface area contributed by atoms with Crippen LogP contribution in [0.25, 0.3) is 0 Å². The Morgan fingerprint density at radius 3 is 1.73 bits per heavy atom. The molecule has 6 nitrogen and oxygen atoms in total. The highest BCUT2D eigenvalue weighted by molar-refractivity contribution is 5.57. The molecule has 0 amide bonds. The fourth-order valence-corrected chi connectivity index (χ4v) is 3.11. The average Bonchev–Trinajstić information content (AvgIpc) is 2.79. The second-order valence-corrected chi connectivity index (χ2v) is 6.66. The van der Waals surface area contributed by atoms with Gasteiger partial charge in [-0.05, 0) is 35.4 Å². The fourth-order valence-electron chi connectivity index (χ4n) is 3.11. The molecule has 0 fully saturated rings. The number of aromatic nitrogens is 1. The van der Waals surface area contributed by atoms with Crippen molar-refractivity contribution in [3.05, 3.63) is 77.2 Å². The maximum Gasteiger partial charge on any atom is 0.237 e. The molecule has 0 aliphatic rings. The number of anilines is 1. The van der Waals surface area contributed by atoms with Gasteiger partial charge in [0.05, 0.1) is 27.9 Å². The van der Waals surface area contributed by atoms with E-state index >= 15 is 0 Å². The van der Waals surface area contributed by atoms with E-state index in [2.05, 4.69) is 4.98 Å². The Hall–Kier alpha value is -3.32. The topological polar surface area (TPSA) is 64.1 Å². The molecule has 158 valence electrons. The van der Waals surface area contributed by atoms with Crippen LogP contribution in [-0.2, 0) is 19.7 Å². The monoisotopic (exact) mass is 412 g/mol. The van der Waals surface area contributed by atoms with Crippen LogP contribution in [0.4, 0.5) is 10.1 Å². The van der Waals surface area contributed by atoms with Gasteiger partial charge in [-0.1, -0.05) is 24.3 Å². The van der Waals surface area contributed by atoms with Gasteiger partial charge in [-0.25, -0.2) is 9.37 Å². The number of nitrogens with zero attached hydrogens (tertiary/aromatic N) is 2. The van der Waals surface area contributed by atoms with Crippen LogP contribution in [-0.4, -0.2) is 31.4 Å². The third-order valence-electron chi connectivity index (χ3n) is 4.74. The number of pyridine rings is 1. The van der Waals surface area contributed by atoms with E-state index in [0.717, 1.165) is 22.6 Å². The van der Waals surface area contributed by atoms with Crippen molar-refractivity contribution in [2.45, 2.75) is 19.7 Å². The van der Waals surface area contributed by atoms with Crippen molar-refractivity contribution in [1.82, 2.24) is 4.98 Å². The molecule has 7 heteroatoms. The molecular weight excluding hydrogens is 387 g/mol. The maximum atomic E-state index is 14.5. The van der Waals surface area contributed by atoms with Gasteiger partial charge >= 0.3 is 0 Å². The molecule has 0 aliphatic carbocycles. The van der Waals surface area contributed by atoms with Crippen LogP contribution in [0.5, 0.6) is 17.4 Å². The van der Waals surface area contributed by atoms with Crippen LogP contribution in [0.3, 0.4) is 0 Å². The first-order valence-electron chi connectivity index (χ1n) is 9.43. The lowest BCUT2D eigenvalue weighted by molar-refractivity contribution is 0.267. The zero-order chi connectivity index (χ0) is 21.5. The first-order valence-corrected chi connectivity index (χ1v) is 9.43. The van der Waals surface area contributed by atoms with E-state index in [1.165, 1.54) is 13.2 Å². The molecule has 0 bridgehead atoms. The largest absolute Gasteiger partial charge is 0.497 e. The standard InChI is InChI=1S/C23H25FN2O4/c1-28-18-8-4-16(5-9-18)13-26(14-17-6-10-19(29-2)11-7-17)22-12-20(24)21(15-27)25-23(22)30-3/h4-12,27H,13-15H2,1-3H3. The summed E-state index contributed by atoms with van der Waals surface area (Å²) in [6, 6.07) is 16.7. The lowest BCUT2D eigenvalue weighted by Gasteiger charge is -2.27. The Balaban J connectivity index is 1.98. The first kappa shape index (κ1) is 21.4. The number of hydrogen-bond acceptors (Lipinski definition) is 6. The average molecular weight is 412 g/mol. The van der Waals surface area contributed by atoms with Crippen molar-refractivity contribution in [3.63, 3.8) is 0 Å². The molecule has 1 N–H and O–H groups in total. The van der Waals surface area contributed by atoms with Gasteiger partial charge in [0.25, 0.3) is 0 Å². The molecule has 2 aromatic carbocycles. The summed E-state index contributed by atoms with van der Waals surface area (Å²) in [7, 11) is 4.71. The van der Waals surface area contributed by atoms with Crippen molar-refractivity contribution < 1.29 is 23.7 Å². The summed E-state index contributed by atoms with van der Waals surface area (Å²) in [5, 5.41) is 9.34. The molecule has 1 heterocycles. The number of methoxy groups -OCH3 is 3. The summed E-state index contributed by atoms with van der Waals surface area (Å²) < 4.78 is 30.3. The number of rotatable bonds is 9. The molecule has 0 radical (unpaired) electrons. The van der Waals surface area contributed by atoms with Crippen molar-refractivity contribution in [1.29, 1.82) is 0 Å². The van der Waals surface area contributed by atoms with E-state index in [9.17, 15) is 9.50 Å². The highest BCUT2D eigenvalue weighted by atomic mass is 19.1. The van der Waals surface area contributed by atoms with Gasteiger partial charge in [0.1, 0.15) is 28.7 Å². The lowest BCUT2D eigenvalue weighted by atomic mass is 10.1. The molecule has 0 aliphatic heterocycles. The number of hydrogen-bond donors (Lipinski definition) is 1. The molecular formula is C23H25FN2O4. The zero-order valence-corrected chi connectivity index (χ0v) is 17.3. The normalized spacial score (nSPS) is 10.6. The Bertz CT molecular complexity index is 913. The minimum atomic E-state index is -0.581. The SMILES string of the molecule is COc1ccc(CN(Cc2ccc(OC)cc2)c2cc(F)c(CO)nc2OC)cc1. The van der Waals surface area contributed by atoms with Crippen LogP contribution in [0.1, 0.15) is 16.8 Å². The number of halogens is 1. The highest BCUT2D eigenvalue weighted by Crippen LogP contribution is 2.31. The second-order valence-electron chi connectivity index (χ2n) is 6.66. The third kappa shape index (κ3) is 4.99. The molecule has 0 atom stereocenters. The second kappa shape index (κ2) is 9.93. The lowest BCUT2D eigenvalue weighted by Crippen LogP contribution is -2.23. The van der Waals surface area contributed by atoms with Crippen molar-refractivity contribution in [3.8, 4) is 17.4 Å². The van der Waals surface area contributed by atoms with Crippen LogP contribution in [0, 0.1) is 5.82 Å². The molecule has 30 heavy (non-hydrogen) atoms. The van der Waals surface area contributed by atoms with Gasteiger partial charge in [-0.15, -0.1) is 0 Å². The minimum Gasteiger partial charge on any atom is -0.497 e. The Kier molecular flexibility index (Phi) is 7.08. The Morgan fingerprint density at radius 2 is 1.33 bits per heavy atom. The number of ether oxygens (including phenoxy) is 3. The minimum absolute atomic E-state index is 0.0514. The van der Waals surface area contributed by atoms with Gasteiger partial charge < -0.3 is 24.2 Å². The van der Waals surface area contributed by atoms with E-state index in [4.69, 9.17) is 14.2 Å². The van der Waals surface area contributed by atoms with Gasteiger partial charge in [0, 0.05) is 19.2 Å². The summed E-state index contributed by atoms with van der Waals surface area (Å²) in [6.45, 7) is 0.484. The zero-order valence-electron chi connectivity index (χ0n) is 17.3. The smallest absolute Gasteiger partial charge is 0.237 e. The summed E-state index contributed by atoms with van der Waals surface area (Å²) in [4.78, 5) is 6.11. The molecule has 3 aromatic rings. The number of aliphatic hydroxyl groups excluding tert-OH is 1. The van der Waals surface area contributed by atoms with Gasteiger partial charge in [0.2, 0.25) is 5.88 Å². The molecule has 0 spiro atoms. The van der Waals surface area contributed by atoms with Crippen molar-refractivity contribution >= 4 is 5.69 Å². The summed E-state index contributed by atoms with van der Waals surface area (Å²) in [6.07, 6.45) is 0. The number of aliphatic hydroxyl groups is 1. The highest BCUT2D eigenvalue weighted by Gasteiger charge is 2.19. The summed E-state index contributed by atoms with van der Waals surface area (Å²) in [5.41, 5.74) is 2.47. The maximum absolute atomic E-state index is 14.5. The van der Waals surface area contributed by atoms with E-state index in [1.54, 1.807) is 14.2 Å². The first-order chi connectivity index (χ1) is 14.6. The van der Waals surface area contributed by atoms with E-state index in [1.807, 2.05) is 53.4 Å². The molecule has 0 saturated heterocycles. The van der Waals surface area contributed by atoms with E-state index < -0.39 is 12.4 Å². The summed E-state index contributed by atoms with van der Waals surface area (Å²) >= 11 is 0. The van der Waals surface area contributed by atoms with Gasteiger partial charge in [0.15, 0.2) is 0 Å². The van der Waals surface area contributed by atoms with Crippen LogP contribution in [0.2, 0.25) is 0 Å². The quantitative estimate of drug-likeness (QED) is 0.574. The fraction of sp³-hybridized carbons (Fsp3) is 0.261. The predicted octanol–water partition coefficient (Wildman–Crippen LogP) is 3.95. The Labute approximate surface area is 175 Å². The summed E-state index contributed by atoms with van der Waals surface area (Å²) in [5.74, 6) is 1.20. The molecule has 0 unspecified atom stereocenters. The predicted molar refractivity (Wildman–Crippen MR) is 113 cm³/mol. The molecule has 0 saturated carbocycles. The third-order valence-corrected chi connectivity index (χ3v) is 4.74. The van der Waals surface area contributed by atoms with E-state index in [-0.39, 0.29) is 11.6 Å².